The van der Waals surface area contributed by atoms with Crippen LogP contribution < -0.4 is 22.5 Å². The Morgan fingerprint density at radius 3 is 1.54 bits per heavy atom. The first-order valence-electron chi connectivity index (χ1n) is 4.66. The van der Waals surface area contributed by atoms with E-state index in [4.69, 9.17) is 17.2 Å². The van der Waals surface area contributed by atoms with Crippen molar-refractivity contribution < 1.29 is 0 Å². The van der Waals surface area contributed by atoms with Crippen LogP contribution >= 0.6 is 0 Å². The van der Waals surface area contributed by atoms with Gasteiger partial charge < -0.3 is 17.2 Å². The number of hydrogen-bond donors (Lipinski definition) is 4. The highest BCUT2D eigenvalue weighted by Gasteiger charge is 2.20. The van der Waals surface area contributed by atoms with E-state index < -0.39 is 0 Å². The number of nitrogens with two attached hydrogens (primary N) is 3. The third-order valence-corrected chi connectivity index (χ3v) is 1.89. The van der Waals surface area contributed by atoms with Crippen molar-refractivity contribution in [2.24, 2.45) is 17.2 Å². The maximum atomic E-state index is 5.78. The fourth-order valence-electron chi connectivity index (χ4n) is 1.54. The molecule has 0 bridgehead atoms. The Labute approximate surface area is 80.6 Å². The van der Waals surface area contributed by atoms with Crippen LogP contribution in [0.25, 0.3) is 0 Å². The lowest BCUT2D eigenvalue weighted by molar-refractivity contribution is 0.0833. The van der Waals surface area contributed by atoms with Crippen LogP contribution in [0.1, 0.15) is 27.7 Å². The summed E-state index contributed by atoms with van der Waals surface area (Å²) in [5.74, 6) is 0. The van der Waals surface area contributed by atoms with E-state index in [0.29, 0.717) is 0 Å². The molecule has 5 heteroatoms. The smallest absolute Gasteiger partial charge is 0.0608 e. The molecular weight excluding hydrogens is 166 g/mol. The fourth-order valence-corrected chi connectivity index (χ4v) is 1.54. The molecule has 0 rings (SSSR count). The maximum absolute atomic E-state index is 5.78. The number of nitrogens with zero attached hydrogens (tertiary/aromatic N) is 1. The van der Waals surface area contributed by atoms with E-state index in [-0.39, 0.29) is 24.7 Å². The van der Waals surface area contributed by atoms with Gasteiger partial charge in [-0.25, -0.2) is 0 Å². The minimum atomic E-state index is -0.0822. The predicted octanol–water partition coefficient (Wildman–Crippen LogP) is -0.862. The molecule has 0 fully saturated rings. The Bertz CT molecular complexity index is 126. The summed E-state index contributed by atoms with van der Waals surface area (Å²) in [5, 5.41) is 3.15. The lowest BCUT2D eigenvalue weighted by Gasteiger charge is -2.36. The maximum Gasteiger partial charge on any atom is 0.0608 e. The highest BCUT2D eigenvalue weighted by molar-refractivity contribution is 4.72. The SMILES string of the molecule is CC(N)NC(C)N(C(C)N)C(C)N. The van der Waals surface area contributed by atoms with Crippen molar-refractivity contribution in [2.75, 3.05) is 0 Å². The van der Waals surface area contributed by atoms with E-state index >= 15 is 0 Å². The molecule has 0 aromatic heterocycles. The molecule has 0 aromatic rings. The summed E-state index contributed by atoms with van der Waals surface area (Å²) in [6.45, 7) is 7.69. The van der Waals surface area contributed by atoms with Crippen LogP contribution in [0.15, 0.2) is 0 Å². The van der Waals surface area contributed by atoms with Gasteiger partial charge in [0.05, 0.1) is 24.7 Å². The van der Waals surface area contributed by atoms with Crippen molar-refractivity contribution in [3.63, 3.8) is 0 Å². The topological polar surface area (TPSA) is 93.3 Å². The third-order valence-electron chi connectivity index (χ3n) is 1.89. The average Bonchev–Trinajstić information content (AvgIpc) is 1.81. The van der Waals surface area contributed by atoms with E-state index in [0.717, 1.165) is 0 Å². The van der Waals surface area contributed by atoms with Crippen LogP contribution in [0.4, 0.5) is 0 Å². The Morgan fingerprint density at radius 2 is 1.31 bits per heavy atom. The van der Waals surface area contributed by atoms with Gasteiger partial charge in [0.15, 0.2) is 0 Å². The molecule has 80 valence electrons. The van der Waals surface area contributed by atoms with Crippen LogP contribution in [-0.2, 0) is 0 Å². The van der Waals surface area contributed by atoms with E-state index in [9.17, 15) is 0 Å². The van der Waals surface area contributed by atoms with Crippen molar-refractivity contribution in [3.8, 4) is 0 Å². The second-order valence-corrected chi connectivity index (χ2v) is 3.56. The second kappa shape index (κ2) is 5.51. The summed E-state index contributed by atoms with van der Waals surface area (Å²) >= 11 is 0. The molecule has 0 aliphatic carbocycles. The van der Waals surface area contributed by atoms with Crippen LogP contribution in [0.3, 0.4) is 0 Å². The van der Waals surface area contributed by atoms with Crippen molar-refractivity contribution >= 4 is 0 Å². The van der Waals surface area contributed by atoms with Gasteiger partial charge in [-0.05, 0) is 27.7 Å². The lowest BCUT2D eigenvalue weighted by atomic mass is 10.3. The normalized spacial score (nSPS) is 21.2. The Morgan fingerprint density at radius 1 is 0.923 bits per heavy atom. The fraction of sp³-hybridized carbons (Fsp3) is 1.00. The van der Waals surface area contributed by atoms with E-state index in [1.54, 1.807) is 0 Å². The number of nitrogens with one attached hydrogen (secondary N) is 1. The molecule has 0 spiro atoms. The first kappa shape index (κ1) is 12.8. The average molecular weight is 189 g/mol. The van der Waals surface area contributed by atoms with Crippen molar-refractivity contribution in [3.05, 3.63) is 0 Å². The molecule has 0 aromatic carbocycles. The van der Waals surface area contributed by atoms with Crippen LogP contribution in [0.2, 0.25) is 0 Å². The molecule has 0 radical (unpaired) electrons. The van der Waals surface area contributed by atoms with E-state index in [1.165, 1.54) is 0 Å². The molecule has 0 aliphatic rings. The summed E-state index contributed by atoms with van der Waals surface area (Å²) in [5.41, 5.74) is 17.2. The largest absolute Gasteiger partial charge is 0.316 e. The minimum Gasteiger partial charge on any atom is -0.316 e. The summed E-state index contributed by atoms with van der Waals surface area (Å²) in [7, 11) is 0. The molecule has 0 aliphatic heterocycles. The lowest BCUT2D eigenvalue weighted by Crippen LogP contribution is -2.60. The van der Waals surface area contributed by atoms with Crippen molar-refractivity contribution in [1.82, 2.24) is 10.2 Å². The standard InChI is InChI=1S/C8H23N5/c1-5(9)12-8(4)13(6(2)10)7(3)11/h5-8,12H,9-11H2,1-4H3. The van der Waals surface area contributed by atoms with Gasteiger partial charge in [0.2, 0.25) is 0 Å². The Hall–Kier alpha value is -0.200. The van der Waals surface area contributed by atoms with Gasteiger partial charge >= 0.3 is 0 Å². The zero-order chi connectivity index (χ0) is 10.6. The Balaban J connectivity index is 4.20. The van der Waals surface area contributed by atoms with Crippen LogP contribution in [0.5, 0.6) is 0 Å². The summed E-state index contributed by atoms with van der Waals surface area (Å²) in [4.78, 5) is 1.96. The quantitative estimate of drug-likeness (QED) is 0.422. The molecule has 0 saturated heterocycles. The highest BCUT2D eigenvalue weighted by atomic mass is 15.4. The minimum absolute atomic E-state index is 0.0602. The highest BCUT2D eigenvalue weighted by Crippen LogP contribution is 2.02. The van der Waals surface area contributed by atoms with Crippen molar-refractivity contribution in [2.45, 2.75) is 52.4 Å². The van der Waals surface area contributed by atoms with Gasteiger partial charge in [-0.1, -0.05) is 0 Å². The molecule has 7 N–H and O–H groups in total. The van der Waals surface area contributed by atoms with Crippen LogP contribution in [-0.4, -0.2) is 29.6 Å². The first-order valence-corrected chi connectivity index (χ1v) is 4.66. The van der Waals surface area contributed by atoms with Gasteiger partial charge in [-0.2, -0.15) is 0 Å². The molecule has 0 amide bonds. The zero-order valence-electron chi connectivity index (χ0n) is 8.99. The second-order valence-electron chi connectivity index (χ2n) is 3.56. The third kappa shape index (κ3) is 4.54. The van der Waals surface area contributed by atoms with Gasteiger partial charge in [0, 0.05) is 0 Å². The first-order chi connectivity index (χ1) is 5.86. The summed E-state index contributed by atoms with van der Waals surface area (Å²) < 4.78 is 0. The molecule has 4 atom stereocenters. The van der Waals surface area contributed by atoms with E-state index in [2.05, 4.69) is 5.32 Å². The molecule has 13 heavy (non-hydrogen) atoms. The van der Waals surface area contributed by atoms with Gasteiger partial charge in [-0.3, -0.25) is 10.2 Å². The number of hydrogen-bond acceptors (Lipinski definition) is 5. The molecule has 0 saturated carbocycles. The van der Waals surface area contributed by atoms with Gasteiger partial charge in [0.1, 0.15) is 0 Å². The summed E-state index contributed by atoms with van der Waals surface area (Å²) in [6.07, 6.45) is -0.141. The number of rotatable bonds is 5. The van der Waals surface area contributed by atoms with Crippen LogP contribution in [0, 0.1) is 0 Å². The van der Waals surface area contributed by atoms with Gasteiger partial charge in [0.25, 0.3) is 0 Å². The van der Waals surface area contributed by atoms with Crippen molar-refractivity contribution in [1.29, 1.82) is 0 Å². The summed E-state index contributed by atoms with van der Waals surface area (Å²) in [6, 6.07) is 0. The van der Waals surface area contributed by atoms with E-state index in [1.807, 2.05) is 32.6 Å². The molecule has 0 heterocycles. The zero-order valence-corrected chi connectivity index (χ0v) is 8.99. The molecule has 5 nitrogen and oxygen atoms in total. The molecular formula is C8H23N5. The molecule has 4 unspecified atom stereocenters. The Kier molecular flexibility index (Phi) is 5.43. The predicted molar refractivity (Wildman–Crippen MR) is 55.4 cm³/mol. The monoisotopic (exact) mass is 189 g/mol. The van der Waals surface area contributed by atoms with Gasteiger partial charge in [-0.15, -0.1) is 0 Å².